The van der Waals surface area contributed by atoms with Crippen LogP contribution < -0.4 is 10.7 Å². The number of aromatic nitrogens is 2. The Balaban J connectivity index is 1.43. The van der Waals surface area contributed by atoms with Crippen molar-refractivity contribution >= 4 is 22.8 Å². The maximum absolute atomic E-state index is 12.6. The second-order valence-electron chi connectivity index (χ2n) is 7.23. The number of carbonyl (C=O) groups excluding carboxylic acids is 2. The van der Waals surface area contributed by atoms with Crippen molar-refractivity contribution < 1.29 is 9.59 Å². The zero-order valence-corrected chi connectivity index (χ0v) is 14.7. The molecule has 2 aromatic rings. The van der Waals surface area contributed by atoms with Gasteiger partial charge in [-0.1, -0.05) is 0 Å². The first-order valence-electron chi connectivity index (χ1n) is 9.11. The Morgan fingerprint density at radius 2 is 1.92 bits per heavy atom. The number of nitrogens with one attached hydrogen (secondary N) is 2. The number of hydrogen-bond acceptors (Lipinski definition) is 4. The van der Waals surface area contributed by atoms with Crippen molar-refractivity contribution in [1.29, 1.82) is 0 Å². The van der Waals surface area contributed by atoms with E-state index >= 15 is 0 Å². The van der Waals surface area contributed by atoms with E-state index in [4.69, 9.17) is 0 Å². The van der Waals surface area contributed by atoms with Crippen LogP contribution >= 0.6 is 0 Å². The van der Waals surface area contributed by atoms with Gasteiger partial charge >= 0.3 is 0 Å². The standard InChI is InChI=1S/C19H22N4O3/c1-11-2-5-14-16(24)15(10-20-17(14)21-11)18(25)22-13-6-8-23(9-7-13)19(26)12-3-4-12/h2,5,10,12-13H,3-4,6-9H2,1H3,(H,22,25)(H,20,21,24). The van der Waals surface area contributed by atoms with Gasteiger partial charge in [0.1, 0.15) is 11.2 Å². The summed E-state index contributed by atoms with van der Waals surface area (Å²) in [7, 11) is 0. The highest BCUT2D eigenvalue weighted by Gasteiger charge is 2.35. The zero-order valence-electron chi connectivity index (χ0n) is 14.7. The molecule has 26 heavy (non-hydrogen) atoms. The summed E-state index contributed by atoms with van der Waals surface area (Å²) in [5.74, 6) is 0.110. The van der Waals surface area contributed by atoms with Crippen LogP contribution in [0.25, 0.3) is 11.0 Å². The predicted octanol–water partition coefficient (Wildman–Crippen LogP) is 1.36. The maximum Gasteiger partial charge on any atom is 0.256 e. The van der Waals surface area contributed by atoms with E-state index in [2.05, 4.69) is 15.3 Å². The molecule has 2 aromatic heterocycles. The average molecular weight is 354 g/mol. The summed E-state index contributed by atoms with van der Waals surface area (Å²) in [6.45, 7) is 3.17. The van der Waals surface area contributed by atoms with Crippen LogP contribution in [0.1, 0.15) is 41.7 Å². The van der Waals surface area contributed by atoms with Gasteiger partial charge in [-0.3, -0.25) is 14.4 Å². The first kappa shape index (κ1) is 16.8. The van der Waals surface area contributed by atoms with E-state index in [1.54, 1.807) is 12.1 Å². The van der Waals surface area contributed by atoms with Crippen molar-refractivity contribution in [2.75, 3.05) is 13.1 Å². The van der Waals surface area contributed by atoms with Crippen molar-refractivity contribution in [3.8, 4) is 0 Å². The molecule has 2 amide bonds. The highest BCUT2D eigenvalue weighted by atomic mass is 16.2. The second kappa shape index (κ2) is 6.55. The third kappa shape index (κ3) is 3.21. The van der Waals surface area contributed by atoms with Crippen molar-refractivity contribution in [2.24, 2.45) is 5.92 Å². The molecule has 0 spiro atoms. The number of aryl methyl sites for hydroxylation is 1. The number of carbonyl (C=O) groups is 2. The lowest BCUT2D eigenvalue weighted by molar-refractivity contribution is -0.133. The van der Waals surface area contributed by atoms with Gasteiger partial charge in [0, 0.05) is 36.9 Å². The van der Waals surface area contributed by atoms with Gasteiger partial charge in [-0.2, -0.15) is 0 Å². The van der Waals surface area contributed by atoms with Crippen LogP contribution in [0.4, 0.5) is 0 Å². The van der Waals surface area contributed by atoms with Gasteiger partial charge in [-0.25, -0.2) is 4.98 Å². The van der Waals surface area contributed by atoms with Crippen LogP contribution in [0.5, 0.6) is 0 Å². The fraction of sp³-hybridized carbons (Fsp3) is 0.474. The van der Waals surface area contributed by atoms with E-state index in [0.29, 0.717) is 24.1 Å². The summed E-state index contributed by atoms with van der Waals surface area (Å²) in [6, 6.07) is 3.43. The van der Waals surface area contributed by atoms with Crippen molar-refractivity contribution in [2.45, 2.75) is 38.6 Å². The summed E-state index contributed by atoms with van der Waals surface area (Å²) >= 11 is 0. The highest BCUT2D eigenvalue weighted by molar-refractivity contribution is 5.96. The van der Waals surface area contributed by atoms with Gasteiger partial charge < -0.3 is 15.2 Å². The van der Waals surface area contributed by atoms with Crippen LogP contribution in [0, 0.1) is 12.8 Å². The highest BCUT2D eigenvalue weighted by Crippen LogP contribution is 2.31. The minimum atomic E-state index is -0.374. The zero-order chi connectivity index (χ0) is 18.3. The van der Waals surface area contributed by atoms with Gasteiger partial charge in [0.15, 0.2) is 0 Å². The molecule has 2 aliphatic rings. The van der Waals surface area contributed by atoms with E-state index in [1.165, 1.54) is 6.20 Å². The predicted molar refractivity (Wildman–Crippen MR) is 96.9 cm³/mol. The molecule has 2 N–H and O–H groups in total. The molecule has 1 saturated heterocycles. The van der Waals surface area contributed by atoms with Crippen LogP contribution in [0.3, 0.4) is 0 Å². The first-order valence-corrected chi connectivity index (χ1v) is 9.11. The monoisotopic (exact) mass is 354 g/mol. The molecule has 7 heteroatoms. The summed E-state index contributed by atoms with van der Waals surface area (Å²) in [6.07, 6.45) is 4.88. The Labute approximate surface area is 150 Å². The van der Waals surface area contributed by atoms with Crippen molar-refractivity contribution in [3.63, 3.8) is 0 Å². The summed E-state index contributed by atoms with van der Waals surface area (Å²) in [5.41, 5.74) is 1.07. The van der Waals surface area contributed by atoms with E-state index in [1.807, 2.05) is 11.8 Å². The average Bonchev–Trinajstić information content (AvgIpc) is 3.47. The molecule has 1 saturated carbocycles. The maximum atomic E-state index is 12.6. The molecule has 2 fully saturated rings. The molecule has 3 heterocycles. The number of rotatable bonds is 3. The second-order valence-corrected chi connectivity index (χ2v) is 7.23. The Hall–Kier alpha value is -2.70. The number of piperidine rings is 1. The normalized spacial score (nSPS) is 18.1. The van der Waals surface area contributed by atoms with Gasteiger partial charge in [0.25, 0.3) is 5.91 Å². The minimum Gasteiger partial charge on any atom is -0.349 e. The number of aromatic amines is 1. The lowest BCUT2D eigenvalue weighted by Crippen LogP contribution is -2.47. The van der Waals surface area contributed by atoms with E-state index < -0.39 is 0 Å². The van der Waals surface area contributed by atoms with E-state index in [-0.39, 0.29) is 34.8 Å². The summed E-state index contributed by atoms with van der Waals surface area (Å²) in [4.78, 5) is 46.3. The van der Waals surface area contributed by atoms with Crippen molar-refractivity contribution in [1.82, 2.24) is 20.2 Å². The molecule has 0 aromatic carbocycles. The Morgan fingerprint density at radius 1 is 1.19 bits per heavy atom. The Kier molecular flexibility index (Phi) is 4.22. The molecule has 0 radical (unpaired) electrons. The molecule has 0 atom stereocenters. The van der Waals surface area contributed by atoms with Gasteiger partial charge in [-0.15, -0.1) is 0 Å². The summed E-state index contributed by atoms with van der Waals surface area (Å²) < 4.78 is 0. The molecule has 4 rings (SSSR count). The molecular formula is C19H22N4O3. The number of hydrogen-bond donors (Lipinski definition) is 2. The minimum absolute atomic E-state index is 0.0167. The van der Waals surface area contributed by atoms with Crippen LogP contribution in [0.2, 0.25) is 0 Å². The number of nitrogens with zero attached hydrogens (tertiary/aromatic N) is 2. The molecular weight excluding hydrogens is 332 g/mol. The topological polar surface area (TPSA) is 95.2 Å². The molecule has 1 aliphatic heterocycles. The van der Waals surface area contributed by atoms with Crippen LogP contribution in [0.15, 0.2) is 23.1 Å². The molecule has 1 aliphatic carbocycles. The Morgan fingerprint density at radius 3 is 2.62 bits per heavy atom. The molecule has 0 unspecified atom stereocenters. The third-order valence-corrected chi connectivity index (χ3v) is 5.19. The van der Waals surface area contributed by atoms with Crippen molar-refractivity contribution in [3.05, 3.63) is 39.8 Å². The first-order chi connectivity index (χ1) is 12.5. The third-order valence-electron chi connectivity index (χ3n) is 5.19. The fourth-order valence-corrected chi connectivity index (χ4v) is 3.47. The number of amides is 2. The van der Waals surface area contributed by atoms with Crippen LogP contribution in [-0.2, 0) is 4.79 Å². The quantitative estimate of drug-likeness (QED) is 0.870. The number of fused-ring (bicyclic) bond motifs is 1. The molecule has 0 bridgehead atoms. The smallest absolute Gasteiger partial charge is 0.256 e. The van der Waals surface area contributed by atoms with Crippen LogP contribution in [-0.4, -0.2) is 45.8 Å². The molecule has 7 nitrogen and oxygen atoms in total. The molecule has 136 valence electrons. The van der Waals surface area contributed by atoms with Gasteiger partial charge in [0.05, 0.1) is 5.39 Å². The van der Waals surface area contributed by atoms with E-state index in [9.17, 15) is 14.4 Å². The SMILES string of the molecule is Cc1ccc2c(=O)c(C(=O)NC3CCN(C(=O)C4CC4)CC3)c[nH]c2n1. The lowest BCUT2D eigenvalue weighted by Gasteiger charge is -2.32. The number of H-pyrrole nitrogens is 1. The summed E-state index contributed by atoms with van der Waals surface area (Å²) in [5, 5.41) is 3.35. The fourth-order valence-electron chi connectivity index (χ4n) is 3.47. The van der Waals surface area contributed by atoms with E-state index in [0.717, 1.165) is 31.4 Å². The number of pyridine rings is 2. The van der Waals surface area contributed by atoms with Gasteiger partial charge in [-0.05, 0) is 44.7 Å². The van der Waals surface area contributed by atoms with Gasteiger partial charge in [0.2, 0.25) is 11.3 Å². The largest absolute Gasteiger partial charge is 0.349 e. The lowest BCUT2D eigenvalue weighted by atomic mass is 10.0. The Bertz CT molecular complexity index is 924. The number of likely N-dealkylation sites (tertiary alicyclic amines) is 1.